The second-order valence-electron chi connectivity index (χ2n) is 8.42. The first kappa shape index (κ1) is 18.7. The van der Waals surface area contributed by atoms with Crippen LogP contribution in [0.25, 0.3) is 10.9 Å². The van der Waals surface area contributed by atoms with E-state index in [4.69, 9.17) is 14.2 Å². The smallest absolute Gasteiger partial charge is 0.323 e. The number of fused-ring (bicyclic) bond motifs is 7. The minimum absolute atomic E-state index is 0.226. The van der Waals surface area contributed by atoms with Gasteiger partial charge < -0.3 is 34.5 Å². The highest BCUT2D eigenvalue weighted by atomic mass is 16.8. The van der Waals surface area contributed by atoms with Gasteiger partial charge in [-0.05, 0) is 25.5 Å². The molecule has 2 aromatic rings. The molecule has 3 aliphatic rings. The number of phenols is 2. The number of methoxy groups -OCH3 is 1. The third kappa shape index (κ3) is 2.65. The van der Waals surface area contributed by atoms with Crippen molar-refractivity contribution in [3.05, 3.63) is 23.4 Å². The van der Waals surface area contributed by atoms with Crippen LogP contribution in [0.1, 0.15) is 31.1 Å². The molecule has 0 unspecified atom stereocenters. The Bertz CT molecular complexity index is 1000. The fourth-order valence-electron chi connectivity index (χ4n) is 5.07. The van der Waals surface area contributed by atoms with E-state index in [1.54, 1.807) is 13.8 Å². The van der Waals surface area contributed by atoms with Crippen LogP contribution in [-0.2, 0) is 25.4 Å². The molecule has 9 heteroatoms. The van der Waals surface area contributed by atoms with Crippen LogP contribution in [-0.4, -0.2) is 75.0 Å². The third-order valence-corrected chi connectivity index (χ3v) is 6.21. The van der Waals surface area contributed by atoms with Gasteiger partial charge in [-0.3, -0.25) is 9.69 Å². The number of rotatable bonds is 1. The Morgan fingerprint density at radius 2 is 1.93 bits per heavy atom. The van der Waals surface area contributed by atoms with Crippen LogP contribution >= 0.6 is 0 Å². The number of nitrogens with zero attached hydrogens (tertiary/aromatic N) is 1. The summed E-state index contributed by atoms with van der Waals surface area (Å²) in [5.41, 5.74) is 2.33. The third-order valence-electron chi connectivity index (χ3n) is 6.21. The monoisotopic (exact) mass is 404 g/mol. The highest BCUT2D eigenvalue weighted by molar-refractivity contribution is 5.89. The van der Waals surface area contributed by atoms with Crippen molar-refractivity contribution in [2.45, 2.75) is 56.5 Å². The second kappa shape index (κ2) is 6.09. The summed E-state index contributed by atoms with van der Waals surface area (Å²) in [6.07, 6.45) is -1.51. The van der Waals surface area contributed by atoms with E-state index in [0.717, 1.165) is 16.6 Å². The largest absolute Gasteiger partial charge is 0.504 e. The summed E-state index contributed by atoms with van der Waals surface area (Å²) in [5.74, 6) is -1.72. The van der Waals surface area contributed by atoms with Crippen molar-refractivity contribution in [2.24, 2.45) is 0 Å². The number of phenolic OH excluding ortho intramolecular Hbond substituents is 2. The Balaban J connectivity index is 1.70. The van der Waals surface area contributed by atoms with E-state index in [1.807, 2.05) is 4.90 Å². The highest BCUT2D eigenvalue weighted by Gasteiger charge is 2.58. The van der Waals surface area contributed by atoms with Crippen LogP contribution in [0.5, 0.6) is 11.5 Å². The number of esters is 1. The van der Waals surface area contributed by atoms with Crippen molar-refractivity contribution in [1.29, 1.82) is 0 Å². The van der Waals surface area contributed by atoms with Gasteiger partial charge in [-0.15, -0.1) is 0 Å². The number of carbonyl (C=O) groups excluding carboxylic acids is 1. The zero-order valence-electron chi connectivity index (χ0n) is 16.4. The predicted octanol–water partition coefficient (Wildman–Crippen LogP) is 0.914. The van der Waals surface area contributed by atoms with E-state index >= 15 is 0 Å². The molecule has 9 nitrogen and oxygen atoms in total. The van der Waals surface area contributed by atoms with Gasteiger partial charge in [0.1, 0.15) is 18.2 Å². The fraction of sp³-hybridized carbons (Fsp3) is 0.550. The number of aliphatic hydroxyl groups is 1. The molecular formula is C20H24N2O7. The molecule has 4 heterocycles. The van der Waals surface area contributed by atoms with Crippen LogP contribution in [0.4, 0.5) is 0 Å². The number of aromatic nitrogens is 1. The molecule has 0 spiro atoms. The second-order valence-corrected chi connectivity index (χ2v) is 8.42. The lowest BCUT2D eigenvalue weighted by molar-refractivity contribution is -0.157. The normalized spacial score (nSPS) is 33.2. The molecule has 1 aromatic heterocycles. The van der Waals surface area contributed by atoms with Gasteiger partial charge in [0, 0.05) is 35.6 Å². The number of benzene rings is 1. The summed E-state index contributed by atoms with van der Waals surface area (Å²) in [7, 11) is 1.34. The number of hydrogen-bond acceptors (Lipinski definition) is 8. The number of aromatic hydroxyl groups is 2. The lowest BCUT2D eigenvalue weighted by Crippen LogP contribution is -2.62. The summed E-state index contributed by atoms with van der Waals surface area (Å²) < 4.78 is 17.2. The summed E-state index contributed by atoms with van der Waals surface area (Å²) in [6, 6.07) is 1.96. The number of aromatic amines is 1. The Hall–Kier alpha value is -2.33. The molecule has 4 N–H and O–H groups in total. The number of carbonyl (C=O) groups is 1. The van der Waals surface area contributed by atoms with Gasteiger partial charge >= 0.3 is 5.97 Å². The number of piperidine rings is 1. The zero-order chi connectivity index (χ0) is 20.7. The van der Waals surface area contributed by atoms with Crippen molar-refractivity contribution in [3.8, 4) is 11.5 Å². The van der Waals surface area contributed by atoms with Crippen molar-refractivity contribution >= 4 is 16.9 Å². The quantitative estimate of drug-likeness (QED) is 0.409. The fourth-order valence-corrected chi connectivity index (χ4v) is 5.07. The molecular weight excluding hydrogens is 380 g/mol. The van der Waals surface area contributed by atoms with Crippen LogP contribution in [0.2, 0.25) is 0 Å². The standard InChI is InChI=1S/C20H24N2O7/c1-20(2)28-17-14(25)7-22-11(19(26)27-3)4-9-8-5-12(23)13(24)6-10(8)21-15(9)16(22)18(17)29-20/h5-6,11,14,16-18,21,23-25H,4,7H2,1-3H3/t11-,14+,16-,17+,18-/m0/s1. The molecule has 0 bridgehead atoms. The number of H-pyrrole nitrogens is 1. The Kier molecular flexibility index (Phi) is 3.92. The molecule has 5 atom stereocenters. The van der Waals surface area contributed by atoms with Crippen molar-refractivity contribution in [3.63, 3.8) is 0 Å². The molecule has 2 fully saturated rings. The average Bonchev–Trinajstić information content (AvgIpc) is 3.17. The van der Waals surface area contributed by atoms with Gasteiger partial charge in [0.2, 0.25) is 0 Å². The molecule has 29 heavy (non-hydrogen) atoms. The Labute approximate surface area is 166 Å². The van der Waals surface area contributed by atoms with E-state index in [-0.39, 0.29) is 24.1 Å². The summed E-state index contributed by atoms with van der Waals surface area (Å²) >= 11 is 0. The first-order chi connectivity index (χ1) is 13.7. The van der Waals surface area contributed by atoms with Gasteiger partial charge in [0.05, 0.1) is 19.3 Å². The van der Waals surface area contributed by atoms with E-state index in [9.17, 15) is 20.1 Å². The van der Waals surface area contributed by atoms with Gasteiger partial charge in [-0.1, -0.05) is 0 Å². The molecule has 156 valence electrons. The van der Waals surface area contributed by atoms with Crippen molar-refractivity contribution < 1.29 is 34.3 Å². The summed E-state index contributed by atoms with van der Waals surface area (Å²) in [5, 5.41) is 31.3. The first-order valence-corrected chi connectivity index (χ1v) is 9.64. The summed E-state index contributed by atoms with van der Waals surface area (Å²) in [6.45, 7) is 3.83. The Morgan fingerprint density at radius 3 is 2.66 bits per heavy atom. The number of nitrogens with one attached hydrogen (secondary N) is 1. The maximum atomic E-state index is 12.6. The number of ether oxygens (including phenoxy) is 3. The average molecular weight is 404 g/mol. The van der Waals surface area contributed by atoms with Gasteiger partial charge in [-0.2, -0.15) is 0 Å². The molecule has 0 amide bonds. The number of aliphatic hydroxyl groups excluding tert-OH is 1. The molecule has 0 radical (unpaired) electrons. The van der Waals surface area contributed by atoms with Gasteiger partial charge in [0.25, 0.3) is 0 Å². The summed E-state index contributed by atoms with van der Waals surface area (Å²) in [4.78, 5) is 17.9. The SMILES string of the molecule is COC(=O)[C@@H]1Cc2c([nH]c3cc(O)c(O)cc23)[C@H]2[C@@H]3OC(C)(C)O[C@@H]3[C@H](O)CN12. The molecule has 5 rings (SSSR count). The van der Waals surface area contributed by atoms with Crippen LogP contribution < -0.4 is 0 Å². The van der Waals surface area contributed by atoms with Gasteiger partial charge in [0.15, 0.2) is 17.3 Å². The Morgan fingerprint density at radius 1 is 1.24 bits per heavy atom. The lowest BCUT2D eigenvalue weighted by Gasteiger charge is -2.48. The van der Waals surface area contributed by atoms with E-state index < -0.39 is 36.1 Å². The van der Waals surface area contributed by atoms with E-state index in [2.05, 4.69) is 4.98 Å². The van der Waals surface area contributed by atoms with Crippen LogP contribution in [0.3, 0.4) is 0 Å². The predicted molar refractivity (Wildman–Crippen MR) is 100 cm³/mol. The van der Waals surface area contributed by atoms with E-state index in [1.165, 1.54) is 19.2 Å². The highest BCUT2D eigenvalue weighted by Crippen LogP contribution is 2.49. The topological polar surface area (TPSA) is 124 Å². The molecule has 1 aromatic carbocycles. The zero-order valence-corrected chi connectivity index (χ0v) is 16.4. The maximum Gasteiger partial charge on any atom is 0.323 e. The van der Waals surface area contributed by atoms with Crippen LogP contribution in [0, 0.1) is 0 Å². The maximum absolute atomic E-state index is 12.6. The number of hydrogen-bond donors (Lipinski definition) is 4. The van der Waals surface area contributed by atoms with Gasteiger partial charge in [-0.25, -0.2) is 0 Å². The van der Waals surface area contributed by atoms with Crippen molar-refractivity contribution in [2.75, 3.05) is 13.7 Å². The molecule has 0 aliphatic carbocycles. The molecule has 2 saturated heterocycles. The molecule has 0 saturated carbocycles. The first-order valence-electron chi connectivity index (χ1n) is 9.64. The lowest BCUT2D eigenvalue weighted by atomic mass is 9.83. The molecule has 3 aliphatic heterocycles. The van der Waals surface area contributed by atoms with Crippen LogP contribution in [0.15, 0.2) is 12.1 Å². The minimum atomic E-state index is -0.868. The minimum Gasteiger partial charge on any atom is -0.504 e. The van der Waals surface area contributed by atoms with E-state index in [0.29, 0.717) is 11.9 Å². The van der Waals surface area contributed by atoms with Crippen molar-refractivity contribution in [1.82, 2.24) is 9.88 Å².